The van der Waals surface area contributed by atoms with Crippen LogP contribution in [0.3, 0.4) is 0 Å². The van der Waals surface area contributed by atoms with Gasteiger partial charge in [-0.15, -0.1) is 0 Å². The van der Waals surface area contributed by atoms with E-state index < -0.39 is 0 Å². The third-order valence-corrected chi connectivity index (χ3v) is 6.95. The molecule has 2 aliphatic carbocycles. The molecule has 4 aromatic rings. The van der Waals surface area contributed by atoms with E-state index >= 15 is 0 Å². The first-order chi connectivity index (χ1) is 15.4. The van der Waals surface area contributed by atoms with Crippen molar-refractivity contribution in [2.24, 2.45) is 10.2 Å². The van der Waals surface area contributed by atoms with E-state index in [9.17, 15) is 0 Å². The van der Waals surface area contributed by atoms with Gasteiger partial charge >= 0.3 is 0 Å². The van der Waals surface area contributed by atoms with Crippen LogP contribution in [0.4, 0.5) is 0 Å². The fourth-order valence-electron chi connectivity index (χ4n) is 5.50. The van der Waals surface area contributed by atoms with Crippen molar-refractivity contribution in [2.45, 2.75) is 19.3 Å². The maximum atomic E-state index is 4.68. The number of rotatable bonds is 2. The van der Waals surface area contributed by atoms with Crippen LogP contribution < -0.4 is 0 Å². The number of nitrogens with zero attached hydrogens (tertiary/aromatic N) is 2. The van der Waals surface area contributed by atoms with Gasteiger partial charge < -0.3 is 0 Å². The molecule has 0 saturated heterocycles. The highest BCUT2D eigenvalue weighted by molar-refractivity contribution is 6.22. The Kier molecular flexibility index (Phi) is 3.48. The molecule has 0 aromatic heterocycles. The molecule has 0 fully saturated rings. The van der Waals surface area contributed by atoms with Crippen LogP contribution in [0.2, 0.25) is 0 Å². The highest BCUT2D eigenvalue weighted by atomic mass is 15.2. The van der Waals surface area contributed by atoms with Crippen LogP contribution in [0.25, 0.3) is 22.3 Å². The zero-order valence-electron chi connectivity index (χ0n) is 17.1. The first kappa shape index (κ1) is 17.0. The molecule has 7 rings (SSSR count). The SMILES string of the molecule is c1ccc2c(c1)Cc1c(C3=NN=C(c4cccc5c4Cc4ccccc4-5)C3)cccc1-2. The predicted molar refractivity (Wildman–Crippen MR) is 127 cm³/mol. The van der Waals surface area contributed by atoms with Crippen molar-refractivity contribution in [2.75, 3.05) is 0 Å². The van der Waals surface area contributed by atoms with E-state index in [1.165, 1.54) is 55.6 Å². The summed E-state index contributed by atoms with van der Waals surface area (Å²) < 4.78 is 0. The molecule has 0 saturated carbocycles. The molecule has 1 heterocycles. The summed E-state index contributed by atoms with van der Waals surface area (Å²) in [5.74, 6) is 0. The summed E-state index contributed by atoms with van der Waals surface area (Å²) in [5.41, 5.74) is 15.7. The Morgan fingerprint density at radius 1 is 0.387 bits per heavy atom. The number of fused-ring (bicyclic) bond motifs is 6. The summed E-state index contributed by atoms with van der Waals surface area (Å²) in [7, 11) is 0. The molecule has 1 aliphatic heterocycles. The van der Waals surface area contributed by atoms with Crippen LogP contribution in [-0.2, 0) is 12.8 Å². The Bertz CT molecular complexity index is 1340. The van der Waals surface area contributed by atoms with Crippen LogP contribution in [0.15, 0.2) is 95.1 Å². The number of benzene rings is 4. The maximum Gasteiger partial charge on any atom is 0.0766 e. The van der Waals surface area contributed by atoms with Gasteiger partial charge in [0, 0.05) is 17.5 Å². The fourth-order valence-corrected chi connectivity index (χ4v) is 5.50. The fraction of sp³-hybridized carbons (Fsp3) is 0.103. The van der Waals surface area contributed by atoms with Crippen LogP contribution in [-0.4, -0.2) is 11.4 Å². The van der Waals surface area contributed by atoms with Crippen molar-refractivity contribution in [3.63, 3.8) is 0 Å². The second kappa shape index (κ2) is 6.36. The minimum Gasteiger partial charge on any atom is -0.154 e. The summed E-state index contributed by atoms with van der Waals surface area (Å²) in [6.07, 6.45) is 2.75. The number of hydrogen-bond acceptors (Lipinski definition) is 2. The van der Waals surface area contributed by atoms with Crippen LogP contribution >= 0.6 is 0 Å². The molecule has 0 spiro atoms. The maximum absolute atomic E-state index is 4.68. The van der Waals surface area contributed by atoms with Gasteiger partial charge in [-0.2, -0.15) is 10.2 Å². The smallest absolute Gasteiger partial charge is 0.0766 e. The standard InChI is InChI=1S/C29H20N2/c1-3-9-20-18(7-1)15-26-22(20)11-5-13-24(26)28-17-29(31-30-28)25-14-6-12-23-21-10-4-2-8-19(21)16-27(23)25/h1-14H,15-17H2. The van der Waals surface area contributed by atoms with Crippen molar-refractivity contribution in [1.82, 2.24) is 0 Å². The minimum absolute atomic E-state index is 0.791. The lowest BCUT2D eigenvalue weighted by molar-refractivity contribution is 1.22. The Hall–Kier alpha value is -3.78. The molecule has 3 aliphatic rings. The van der Waals surface area contributed by atoms with Crippen LogP contribution in [0, 0.1) is 0 Å². The molecule has 0 radical (unpaired) electrons. The third-order valence-electron chi connectivity index (χ3n) is 6.95. The van der Waals surface area contributed by atoms with E-state index in [0.29, 0.717) is 0 Å². The van der Waals surface area contributed by atoms with E-state index in [4.69, 9.17) is 0 Å². The lowest BCUT2D eigenvalue weighted by Gasteiger charge is -2.10. The predicted octanol–water partition coefficient (Wildman–Crippen LogP) is 6.43. The van der Waals surface area contributed by atoms with Gasteiger partial charge in [-0.05, 0) is 57.3 Å². The molecule has 4 aromatic carbocycles. The highest BCUT2D eigenvalue weighted by Gasteiger charge is 2.27. The molecule has 2 nitrogen and oxygen atoms in total. The molecule has 0 bridgehead atoms. The first-order valence-electron chi connectivity index (χ1n) is 10.9. The van der Waals surface area contributed by atoms with Crippen molar-refractivity contribution < 1.29 is 0 Å². The summed E-state index contributed by atoms with van der Waals surface area (Å²) in [6.45, 7) is 0. The second-order valence-electron chi connectivity index (χ2n) is 8.60. The van der Waals surface area contributed by atoms with E-state index in [1.807, 2.05) is 0 Å². The molecule has 31 heavy (non-hydrogen) atoms. The molecule has 0 N–H and O–H groups in total. The van der Waals surface area contributed by atoms with Crippen molar-refractivity contribution in [3.8, 4) is 22.3 Å². The normalized spacial score (nSPS) is 15.1. The minimum atomic E-state index is 0.791. The van der Waals surface area contributed by atoms with Gasteiger partial charge in [0.15, 0.2) is 0 Å². The van der Waals surface area contributed by atoms with Crippen LogP contribution in [0.5, 0.6) is 0 Å². The molecule has 0 amide bonds. The van der Waals surface area contributed by atoms with Gasteiger partial charge in [0.05, 0.1) is 11.4 Å². The van der Waals surface area contributed by atoms with Crippen LogP contribution in [0.1, 0.15) is 39.8 Å². The summed E-state index contributed by atoms with van der Waals surface area (Å²) in [5, 5.41) is 9.37. The molecule has 0 atom stereocenters. The van der Waals surface area contributed by atoms with Gasteiger partial charge in [0.1, 0.15) is 0 Å². The lowest BCUT2D eigenvalue weighted by atomic mass is 9.92. The van der Waals surface area contributed by atoms with Gasteiger partial charge in [-0.25, -0.2) is 0 Å². The van der Waals surface area contributed by atoms with Crippen molar-refractivity contribution >= 4 is 11.4 Å². The molecule has 146 valence electrons. The quantitative estimate of drug-likeness (QED) is 0.322. The monoisotopic (exact) mass is 396 g/mol. The second-order valence-corrected chi connectivity index (χ2v) is 8.60. The average molecular weight is 396 g/mol. The molecule has 0 unspecified atom stereocenters. The summed E-state index contributed by atoms with van der Waals surface area (Å²) in [6, 6.07) is 30.7. The topological polar surface area (TPSA) is 24.7 Å². The average Bonchev–Trinajstić information content (AvgIpc) is 3.53. The summed E-state index contributed by atoms with van der Waals surface area (Å²) >= 11 is 0. The zero-order chi connectivity index (χ0) is 20.4. The van der Waals surface area contributed by atoms with E-state index in [2.05, 4.69) is 95.1 Å². The number of hydrogen-bond donors (Lipinski definition) is 0. The van der Waals surface area contributed by atoms with Gasteiger partial charge in [-0.3, -0.25) is 0 Å². The first-order valence-corrected chi connectivity index (χ1v) is 10.9. The van der Waals surface area contributed by atoms with E-state index in [-0.39, 0.29) is 0 Å². The molecular weight excluding hydrogens is 376 g/mol. The van der Waals surface area contributed by atoms with Crippen molar-refractivity contribution in [3.05, 3.63) is 118 Å². The largest absolute Gasteiger partial charge is 0.154 e. The molecular formula is C29H20N2. The van der Waals surface area contributed by atoms with Crippen molar-refractivity contribution in [1.29, 1.82) is 0 Å². The van der Waals surface area contributed by atoms with Gasteiger partial charge in [0.25, 0.3) is 0 Å². The van der Waals surface area contributed by atoms with E-state index in [1.54, 1.807) is 0 Å². The summed E-state index contributed by atoms with van der Waals surface area (Å²) in [4.78, 5) is 0. The van der Waals surface area contributed by atoms with Gasteiger partial charge in [0.2, 0.25) is 0 Å². The Morgan fingerprint density at radius 3 is 1.32 bits per heavy atom. The Balaban J connectivity index is 1.24. The third kappa shape index (κ3) is 2.45. The van der Waals surface area contributed by atoms with Gasteiger partial charge in [-0.1, -0.05) is 84.9 Å². The lowest BCUT2D eigenvalue weighted by Crippen LogP contribution is -2.09. The Morgan fingerprint density at radius 2 is 0.806 bits per heavy atom. The zero-order valence-corrected chi connectivity index (χ0v) is 17.1. The van der Waals surface area contributed by atoms with E-state index in [0.717, 1.165) is 30.7 Å². The molecule has 2 heteroatoms. The Labute approximate surface area is 181 Å². The highest BCUT2D eigenvalue weighted by Crippen LogP contribution is 2.41.